The molecule has 0 saturated carbocycles. The lowest BCUT2D eigenvalue weighted by molar-refractivity contribution is 0.225. The lowest BCUT2D eigenvalue weighted by atomic mass is 10.5. The van der Waals surface area contributed by atoms with E-state index in [2.05, 4.69) is 0 Å². The van der Waals surface area contributed by atoms with Gasteiger partial charge in [-0.3, -0.25) is 0 Å². The van der Waals surface area contributed by atoms with E-state index in [0.29, 0.717) is 0 Å². The second-order valence-electron chi connectivity index (χ2n) is 1.91. The van der Waals surface area contributed by atoms with Gasteiger partial charge in [0, 0.05) is 17.3 Å². The highest BCUT2D eigenvalue weighted by atomic mass is 32.2. The molecule has 0 heterocycles. The number of aliphatic hydroxyl groups excluding tert-OH is 2. The lowest BCUT2D eigenvalue weighted by Crippen LogP contribution is -2.13. The molecular weight excluding hydrogens is 168 g/mol. The molecule has 62 valence electrons. The quantitative estimate of drug-likeness (QED) is 0.585. The highest BCUT2D eigenvalue weighted by molar-refractivity contribution is 7.99. The van der Waals surface area contributed by atoms with Crippen molar-refractivity contribution in [2.75, 3.05) is 30.1 Å². The summed E-state index contributed by atoms with van der Waals surface area (Å²) in [6.45, 7) is 0.205. The Balaban J connectivity index is 2.97. The fourth-order valence-electron chi connectivity index (χ4n) is 0.524. The summed E-state index contributed by atoms with van der Waals surface area (Å²) in [7, 11) is 0. The molecule has 0 rings (SSSR count). The first-order chi connectivity index (χ1) is 4.81. The Labute approximate surface area is 70.4 Å². The number of aliphatic hydroxyl groups is 2. The molecule has 4 heteroatoms. The van der Waals surface area contributed by atoms with E-state index in [1.807, 2.05) is 6.26 Å². The van der Waals surface area contributed by atoms with Gasteiger partial charge >= 0.3 is 0 Å². The Morgan fingerprint density at radius 3 is 2.60 bits per heavy atom. The van der Waals surface area contributed by atoms with Crippen molar-refractivity contribution in [3.63, 3.8) is 0 Å². The molecule has 0 aromatic rings. The van der Waals surface area contributed by atoms with Gasteiger partial charge in [0.1, 0.15) is 0 Å². The molecule has 0 aliphatic carbocycles. The molecule has 2 nitrogen and oxygen atoms in total. The zero-order valence-corrected chi connectivity index (χ0v) is 7.75. The largest absolute Gasteiger partial charge is 0.396 e. The molecule has 0 amide bonds. The Kier molecular flexibility index (Phi) is 8.20. The van der Waals surface area contributed by atoms with Crippen LogP contribution in [0.1, 0.15) is 0 Å². The van der Waals surface area contributed by atoms with Crippen LogP contribution in [0.15, 0.2) is 0 Å². The fraction of sp³-hybridized carbons (Fsp3) is 1.00. The fourth-order valence-corrected chi connectivity index (χ4v) is 1.86. The molecule has 0 saturated heterocycles. The van der Waals surface area contributed by atoms with Crippen LogP contribution in [0.25, 0.3) is 0 Å². The van der Waals surface area contributed by atoms with E-state index < -0.39 is 0 Å². The number of hydrogen-bond acceptors (Lipinski definition) is 4. The van der Waals surface area contributed by atoms with Crippen LogP contribution in [0.4, 0.5) is 0 Å². The average molecular weight is 182 g/mol. The summed E-state index contributed by atoms with van der Waals surface area (Å²) in [5.74, 6) is 2.26. The Bertz CT molecular complexity index is 70.8. The minimum Gasteiger partial charge on any atom is -0.396 e. The summed E-state index contributed by atoms with van der Waals surface area (Å²) in [6, 6.07) is 0. The third-order valence-corrected chi connectivity index (χ3v) is 2.71. The molecule has 0 spiro atoms. The molecule has 0 fully saturated rings. The topological polar surface area (TPSA) is 40.5 Å². The SMILES string of the molecule is CSCC(O)CSCCO. The van der Waals surface area contributed by atoms with Gasteiger partial charge in [-0.2, -0.15) is 23.5 Å². The van der Waals surface area contributed by atoms with Gasteiger partial charge < -0.3 is 10.2 Å². The second-order valence-corrected chi connectivity index (χ2v) is 3.97. The molecule has 1 atom stereocenters. The number of thioether (sulfide) groups is 2. The van der Waals surface area contributed by atoms with Crippen LogP contribution in [-0.2, 0) is 0 Å². The summed E-state index contributed by atoms with van der Waals surface area (Å²) in [6.07, 6.45) is 1.76. The average Bonchev–Trinajstić information content (AvgIpc) is 1.89. The standard InChI is InChI=1S/C6H14O2S2/c1-9-4-6(8)5-10-3-2-7/h6-8H,2-5H2,1H3. The predicted octanol–water partition coefficient (Wildman–Crippen LogP) is 0.436. The lowest BCUT2D eigenvalue weighted by Gasteiger charge is -2.06. The normalized spacial score (nSPS) is 13.5. The summed E-state index contributed by atoms with van der Waals surface area (Å²) < 4.78 is 0. The van der Waals surface area contributed by atoms with Crippen LogP contribution >= 0.6 is 23.5 Å². The van der Waals surface area contributed by atoms with Crippen LogP contribution in [0, 0.1) is 0 Å². The highest BCUT2D eigenvalue weighted by Crippen LogP contribution is 2.05. The van der Waals surface area contributed by atoms with Crippen molar-refractivity contribution < 1.29 is 10.2 Å². The monoisotopic (exact) mass is 182 g/mol. The summed E-state index contributed by atoms with van der Waals surface area (Å²) in [5, 5.41) is 17.6. The van der Waals surface area contributed by atoms with Gasteiger partial charge in [0.15, 0.2) is 0 Å². The van der Waals surface area contributed by atoms with E-state index >= 15 is 0 Å². The van der Waals surface area contributed by atoms with Crippen LogP contribution in [0.5, 0.6) is 0 Å². The molecule has 0 radical (unpaired) electrons. The third-order valence-electron chi connectivity index (χ3n) is 0.905. The first-order valence-corrected chi connectivity index (χ1v) is 5.71. The zero-order chi connectivity index (χ0) is 7.82. The number of hydrogen-bond donors (Lipinski definition) is 2. The van der Waals surface area contributed by atoms with Crippen LogP contribution in [-0.4, -0.2) is 46.4 Å². The molecule has 0 bridgehead atoms. The van der Waals surface area contributed by atoms with Crippen molar-refractivity contribution in [2.45, 2.75) is 6.10 Å². The Morgan fingerprint density at radius 1 is 1.40 bits per heavy atom. The summed E-state index contributed by atoms with van der Waals surface area (Å²) >= 11 is 3.23. The highest BCUT2D eigenvalue weighted by Gasteiger charge is 2.01. The maximum absolute atomic E-state index is 9.15. The van der Waals surface area contributed by atoms with Gasteiger partial charge in [0.25, 0.3) is 0 Å². The summed E-state index contributed by atoms with van der Waals surface area (Å²) in [4.78, 5) is 0. The van der Waals surface area contributed by atoms with Gasteiger partial charge in [0.05, 0.1) is 12.7 Å². The number of rotatable bonds is 6. The molecule has 0 aromatic carbocycles. The van der Waals surface area contributed by atoms with Crippen molar-refractivity contribution in [3.8, 4) is 0 Å². The molecule has 0 aromatic heterocycles. The molecule has 0 aliphatic heterocycles. The van der Waals surface area contributed by atoms with E-state index in [1.54, 1.807) is 23.5 Å². The molecule has 1 unspecified atom stereocenters. The van der Waals surface area contributed by atoms with Gasteiger partial charge in [-0.1, -0.05) is 0 Å². The van der Waals surface area contributed by atoms with E-state index in [4.69, 9.17) is 10.2 Å². The van der Waals surface area contributed by atoms with Crippen LogP contribution in [0.2, 0.25) is 0 Å². The van der Waals surface area contributed by atoms with E-state index in [-0.39, 0.29) is 12.7 Å². The van der Waals surface area contributed by atoms with Crippen LogP contribution < -0.4 is 0 Å². The van der Waals surface area contributed by atoms with E-state index in [0.717, 1.165) is 17.3 Å². The van der Waals surface area contributed by atoms with Gasteiger partial charge in [-0.25, -0.2) is 0 Å². The first kappa shape index (κ1) is 10.6. The Hall–Kier alpha value is 0.620. The molecular formula is C6H14O2S2. The van der Waals surface area contributed by atoms with Crippen molar-refractivity contribution in [1.82, 2.24) is 0 Å². The maximum Gasteiger partial charge on any atom is 0.0720 e. The summed E-state index contributed by atoms with van der Waals surface area (Å²) in [5.41, 5.74) is 0. The van der Waals surface area contributed by atoms with Gasteiger partial charge in [0.2, 0.25) is 0 Å². The first-order valence-electron chi connectivity index (χ1n) is 3.17. The van der Waals surface area contributed by atoms with Gasteiger partial charge in [-0.15, -0.1) is 0 Å². The zero-order valence-electron chi connectivity index (χ0n) is 6.12. The molecule has 2 N–H and O–H groups in total. The van der Waals surface area contributed by atoms with E-state index in [1.165, 1.54) is 0 Å². The van der Waals surface area contributed by atoms with Crippen molar-refractivity contribution in [1.29, 1.82) is 0 Å². The maximum atomic E-state index is 9.15. The van der Waals surface area contributed by atoms with Crippen molar-refractivity contribution in [2.24, 2.45) is 0 Å². The van der Waals surface area contributed by atoms with Crippen molar-refractivity contribution >= 4 is 23.5 Å². The molecule has 0 aliphatic rings. The van der Waals surface area contributed by atoms with Crippen molar-refractivity contribution in [3.05, 3.63) is 0 Å². The minimum absolute atomic E-state index is 0.205. The minimum atomic E-state index is -0.216. The molecule has 10 heavy (non-hydrogen) atoms. The Morgan fingerprint density at radius 2 is 2.10 bits per heavy atom. The smallest absolute Gasteiger partial charge is 0.0720 e. The van der Waals surface area contributed by atoms with Crippen LogP contribution in [0.3, 0.4) is 0 Å². The predicted molar refractivity (Wildman–Crippen MR) is 48.8 cm³/mol. The second kappa shape index (κ2) is 7.72. The third kappa shape index (κ3) is 6.74. The van der Waals surface area contributed by atoms with E-state index in [9.17, 15) is 0 Å². The van der Waals surface area contributed by atoms with Gasteiger partial charge in [-0.05, 0) is 6.26 Å².